The van der Waals surface area contributed by atoms with Gasteiger partial charge in [-0.1, -0.05) is 133 Å². The quantitative estimate of drug-likeness (QED) is 0.177. The summed E-state index contributed by atoms with van der Waals surface area (Å²) >= 11 is 0. The topological polar surface area (TPSA) is 68.6 Å². The van der Waals surface area contributed by atoms with Crippen LogP contribution in [0.4, 0.5) is 0 Å². The van der Waals surface area contributed by atoms with E-state index in [0.717, 1.165) is 45.8 Å². The van der Waals surface area contributed by atoms with Crippen LogP contribution in [0.5, 0.6) is 0 Å². The molecule has 5 heteroatoms. The van der Waals surface area contributed by atoms with Crippen molar-refractivity contribution < 1.29 is 4.79 Å². The molecule has 236 valence electrons. The molecule has 5 nitrogen and oxygen atoms in total. The minimum absolute atomic E-state index is 0.0631. The van der Waals surface area contributed by atoms with Crippen LogP contribution in [0.1, 0.15) is 82.6 Å². The molecule has 2 aromatic heterocycles. The van der Waals surface area contributed by atoms with Gasteiger partial charge in [0, 0.05) is 34.4 Å². The molecule has 0 saturated heterocycles. The van der Waals surface area contributed by atoms with Gasteiger partial charge in [0.15, 0.2) is 17.4 Å². The molecule has 0 fully saturated rings. The van der Waals surface area contributed by atoms with E-state index in [1.54, 1.807) is 6.92 Å². The Kier molecular flexibility index (Phi) is 8.59. The monoisotopic (exact) mass is 618 g/mol. The summed E-state index contributed by atoms with van der Waals surface area (Å²) in [7, 11) is 0. The Bertz CT molecular complexity index is 1950. The second-order valence-electron chi connectivity index (χ2n) is 14.4. The van der Waals surface area contributed by atoms with Crippen LogP contribution in [0.15, 0.2) is 115 Å². The van der Waals surface area contributed by atoms with Crippen LogP contribution < -0.4 is 0 Å². The van der Waals surface area contributed by atoms with Crippen molar-refractivity contribution in [2.24, 2.45) is 5.41 Å². The summed E-state index contributed by atoms with van der Waals surface area (Å²) in [6.07, 6.45) is 9.47. The van der Waals surface area contributed by atoms with E-state index in [2.05, 4.69) is 108 Å². The highest BCUT2D eigenvalue weighted by atomic mass is 16.1. The fraction of sp³-hybridized carbons (Fsp3) is 0.262. The summed E-state index contributed by atoms with van der Waals surface area (Å²) in [5.74, 6) is 2.19. The lowest BCUT2D eigenvalue weighted by Gasteiger charge is -2.25. The Balaban J connectivity index is 1.30. The van der Waals surface area contributed by atoms with Crippen molar-refractivity contribution in [3.05, 3.63) is 132 Å². The fourth-order valence-electron chi connectivity index (χ4n) is 5.73. The predicted octanol–water partition coefficient (Wildman–Crippen LogP) is 10.5. The second kappa shape index (κ2) is 12.6. The molecule has 47 heavy (non-hydrogen) atoms. The molecule has 0 amide bonds. The van der Waals surface area contributed by atoms with Gasteiger partial charge < -0.3 is 0 Å². The number of hydrogen-bond acceptors (Lipinski definition) is 5. The van der Waals surface area contributed by atoms with Crippen molar-refractivity contribution in [1.29, 1.82) is 0 Å². The number of benzene rings is 3. The lowest BCUT2D eigenvalue weighted by atomic mass is 9.81. The number of Topliss-reactive ketones (excluding diaryl/α,β-unsaturated/α-hetero) is 1. The lowest BCUT2D eigenvalue weighted by Crippen LogP contribution is -2.13. The summed E-state index contributed by atoms with van der Waals surface area (Å²) in [6.45, 7) is 15.0. The third kappa shape index (κ3) is 7.20. The average molecular weight is 619 g/mol. The summed E-state index contributed by atoms with van der Waals surface area (Å²) < 4.78 is 0. The Hall–Kier alpha value is -5.03. The van der Waals surface area contributed by atoms with Gasteiger partial charge in [-0.25, -0.2) is 15.0 Å². The van der Waals surface area contributed by atoms with Gasteiger partial charge in [0.1, 0.15) is 5.82 Å². The van der Waals surface area contributed by atoms with Gasteiger partial charge in [-0.2, -0.15) is 0 Å². The first-order chi connectivity index (χ1) is 22.3. The van der Waals surface area contributed by atoms with Crippen LogP contribution in [0.25, 0.3) is 45.2 Å². The molecule has 6 rings (SSSR count). The van der Waals surface area contributed by atoms with E-state index in [1.165, 1.54) is 11.1 Å². The molecule has 1 atom stereocenters. The van der Waals surface area contributed by atoms with E-state index in [9.17, 15) is 4.79 Å². The van der Waals surface area contributed by atoms with Gasteiger partial charge in [-0.3, -0.25) is 9.78 Å². The van der Waals surface area contributed by atoms with E-state index in [4.69, 9.17) is 19.9 Å². The minimum atomic E-state index is 0.0631. The third-order valence-electron chi connectivity index (χ3n) is 8.79. The SMILES string of the molecule is CC(=O)c1ccc(-c2ccc(-c3ccc(-c4nc(-c5ccc(C(C)(C)C)cc5)nc(C5C=CC(C(C)(C)C)=CC5)n4)cn3)cc2)cc1. The van der Waals surface area contributed by atoms with Crippen molar-refractivity contribution in [1.82, 2.24) is 19.9 Å². The lowest BCUT2D eigenvalue weighted by molar-refractivity contribution is 0.101. The Morgan fingerprint density at radius 2 is 1.19 bits per heavy atom. The van der Waals surface area contributed by atoms with Gasteiger partial charge >= 0.3 is 0 Å². The van der Waals surface area contributed by atoms with Crippen molar-refractivity contribution in [3.8, 4) is 45.2 Å². The Morgan fingerprint density at radius 3 is 1.70 bits per heavy atom. The van der Waals surface area contributed by atoms with Crippen molar-refractivity contribution in [2.75, 3.05) is 0 Å². The first-order valence-corrected chi connectivity index (χ1v) is 16.3. The van der Waals surface area contributed by atoms with E-state index in [-0.39, 0.29) is 22.5 Å². The number of carbonyl (C=O) groups is 1. The molecule has 0 spiro atoms. The smallest absolute Gasteiger partial charge is 0.165 e. The molecule has 1 aliphatic rings. The van der Waals surface area contributed by atoms with Crippen LogP contribution in [-0.4, -0.2) is 25.7 Å². The Morgan fingerprint density at radius 1 is 0.638 bits per heavy atom. The summed E-state index contributed by atoms with van der Waals surface area (Å²) in [6, 6.07) is 28.6. The summed E-state index contributed by atoms with van der Waals surface area (Å²) in [5.41, 5.74) is 9.33. The molecule has 3 aromatic carbocycles. The van der Waals surface area contributed by atoms with Gasteiger partial charge in [-0.15, -0.1) is 0 Å². The molecule has 1 unspecified atom stereocenters. The van der Waals surface area contributed by atoms with Gasteiger partial charge in [0.2, 0.25) is 0 Å². The molecule has 1 aliphatic carbocycles. The number of hydrogen-bond donors (Lipinski definition) is 0. The van der Waals surface area contributed by atoms with Crippen LogP contribution in [-0.2, 0) is 5.41 Å². The third-order valence-corrected chi connectivity index (χ3v) is 8.79. The minimum Gasteiger partial charge on any atom is -0.295 e. The van der Waals surface area contributed by atoms with Crippen molar-refractivity contribution >= 4 is 5.78 Å². The molecular formula is C42H42N4O. The molecule has 5 aromatic rings. The van der Waals surface area contributed by atoms with E-state index >= 15 is 0 Å². The average Bonchev–Trinajstić information content (AvgIpc) is 3.07. The van der Waals surface area contributed by atoms with Gasteiger partial charge in [-0.05, 0) is 58.6 Å². The number of aromatic nitrogens is 4. The molecular weight excluding hydrogens is 576 g/mol. The highest BCUT2D eigenvalue weighted by Crippen LogP contribution is 2.35. The number of pyridine rings is 1. The standard InChI is InChI=1S/C42H42N4O/c1-27(47)28-8-10-29(11-9-28)30-12-14-31(15-13-30)37-25-20-34(26-43-37)40-45-38(32-16-21-35(22-17-32)41(2,3)4)44-39(46-40)33-18-23-36(24-19-33)42(5,6)7/h8-18,20-26,33H,19H2,1-7H3. The summed E-state index contributed by atoms with van der Waals surface area (Å²) in [4.78, 5) is 31.4. The molecule has 0 bridgehead atoms. The number of nitrogens with zero attached hydrogens (tertiary/aromatic N) is 4. The maximum Gasteiger partial charge on any atom is 0.165 e. The van der Waals surface area contributed by atoms with E-state index in [1.807, 2.05) is 42.6 Å². The number of allylic oxidation sites excluding steroid dienone is 4. The van der Waals surface area contributed by atoms with Crippen LogP contribution in [0.2, 0.25) is 0 Å². The van der Waals surface area contributed by atoms with Gasteiger partial charge in [0.25, 0.3) is 0 Å². The first-order valence-electron chi connectivity index (χ1n) is 16.3. The number of rotatable bonds is 6. The molecule has 2 heterocycles. The normalized spacial score (nSPS) is 15.0. The van der Waals surface area contributed by atoms with Crippen molar-refractivity contribution in [2.45, 2.75) is 66.2 Å². The highest BCUT2D eigenvalue weighted by Gasteiger charge is 2.23. The maximum atomic E-state index is 11.6. The number of ketones is 1. The van der Waals surface area contributed by atoms with E-state index < -0.39 is 0 Å². The van der Waals surface area contributed by atoms with E-state index in [0.29, 0.717) is 17.2 Å². The zero-order valence-electron chi connectivity index (χ0n) is 28.4. The zero-order valence-corrected chi connectivity index (χ0v) is 28.4. The van der Waals surface area contributed by atoms with Gasteiger partial charge in [0.05, 0.1) is 5.69 Å². The van der Waals surface area contributed by atoms with Crippen LogP contribution >= 0.6 is 0 Å². The highest BCUT2D eigenvalue weighted by molar-refractivity contribution is 5.94. The van der Waals surface area contributed by atoms with Crippen LogP contribution in [0.3, 0.4) is 0 Å². The number of carbonyl (C=O) groups excluding carboxylic acids is 1. The molecule has 0 aliphatic heterocycles. The first kappa shape index (κ1) is 31.9. The zero-order chi connectivity index (χ0) is 33.3. The Labute approximate surface area is 278 Å². The molecule has 0 radical (unpaired) electrons. The van der Waals surface area contributed by atoms with Crippen LogP contribution in [0, 0.1) is 5.41 Å². The fourth-order valence-corrected chi connectivity index (χ4v) is 5.73. The maximum absolute atomic E-state index is 11.6. The largest absolute Gasteiger partial charge is 0.295 e. The second-order valence-corrected chi connectivity index (χ2v) is 14.4. The van der Waals surface area contributed by atoms with Crippen molar-refractivity contribution in [3.63, 3.8) is 0 Å². The molecule has 0 N–H and O–H groups in total. The summed E-state index contributed by atoms with van der Waals surface area (Å²) in [5, 5.41) is 0. The molecule has 0 saturated carbocycles. The predicted molar refractivity (Wildman–Crippen MR) is 192 cm³/mol.